The van der Waals surface area contributed by atoms with E-state index in [1.165, 1.54) is 11.9 Å². The fraction of sp³-hybridized carbons (Fsp3) is 0.263. The first-order chi connectivity index (χ1) is 11.6. The standard InChI is InChI=1S/C19H20N2O3/c1-3-24-19-11-7-5-9-15(19)17-12-16(20-21(17)13(2)22)14-8-4-6-10-18(14)23/h4-11,17,23H,3,12H2,1-2H3. The number of phenolic OH excluding ortho intramolecular Hbond substituents is 1. The summed E-state index contributed by atoms with van der Waals surface area (Å²) in [5.74, 6) is 0.778. The van der Waals surface area contributed by atoms with E-state index in [4.69, 9.17) is 4.74 Å². The molecule has 1 N–H and O–H groups in total. The van der Waals surface area contributed by atoms with E-state index < -0.39 is 0 Å². The topological polar surface area (TPSA) is 62.1 Å². The lowest BCUT2D eigenvalue weighted by Gasteiger charge is -2.22. The van der Waals surface area contributed by atoms with Crippen molar-refractivity contribution >= 4 is 11.6 Å². The van der Waals surface area contributed by atoms with Gasteiger partial charge in [0.15, 0.2) is 0 Å². The summed E-state index contributed by atoms with van der Waals surface area (Å²) in [6.45, 7) is 3.97. The Kier molecular flexibility index (Phi) is 4.51. The average Bonchev–Trinajstić information content (AvgIpc) is 3.01. The zero-order valence-electron chi connectivity index (χ0n) is 13.8. The zero-order valence-corrected chi connectivity index (χ0v) is 13.8. The van der Waals surface area contributed by atoms with Gasteiger partial charge in [0.25, 0.3) is 0 Å². The van der Waals surface area contributed by atoms with Crippen LogP contribution in [0.25, 0.3) is 0 Å². The molecule has 5 heteroatoms. The monoisotopic (exact) mass is 324 g/mol. The van der Waals surface area contributed by atoms with Gasteiger partial charge in [-0.2, -0.15) is 5.10 Å². The van der Waals surface area contributed by atoms with Crippen LogP contribution in [0.5, 0.6) is 11.5 Å². The van der Waals surface area contributed by atoms with Gasteiger partial charge in [-0.05, 0) is 25.1 Å². The highest BCUT2D eigenvalue weighted by molar-refractivity contribution is 6.05. The van der Waals surface area contributed by atoms with Crippen molar-refractivity contribution in [3.8, 4) is 11.5 Å². The van der Waals surface area contributed by atoms with E-state index in [2.05, 4.69) is 5.10 Å². The minimum atomic E-state index is -0.236. The van der Waals surface area contributed by atoms with Crippen molar-refractivity contribution in [2.75, 3.05) is 6.61 Å². The Hall–Kier alpha value is -2.82. The molecule has 1 aliphatic rings. The van der Waals surface area contributed by atoms with Gasteiger partial charge in [-0.1, -0.05) is 30.3 Å². The molecule has 0 aliphatic carbocycles. The van der Waals surface area contributed by atoms with E-state index in [0.29, 0.717) is 24.3 Å². The third-order valence-electron chi connectivity index (χ3n) is 4.03. The van der Waals surface area contributed by atoms with Crippen molar-refractivity contribution in [2.45, 2.75) is 26.3 Å². The van der Waals surface area contributed by atoms with Crippen LogP contribution < -0.4 is 4.74 Å². The second kappa shape index (κ2) is 6.74. The molecule has 1 aliphatic heterocycles. The molecule has 0 radical (unpaired) electrons. The highest BCUT2D eigenvalue weighted by Crippen LogP contribution is 2.38. The first kappa shape index (κ1) is 16.1. The summed E-state index contributed by atoms with van der Waals surface area (Å²) in [5, 5.41) is 16.0. The second-order valence-corrected chi connectivity index (χ2v) is 5.62. The molecule has 1 amide bonds. The van der Waals surface area contributed by atoms with Gasteiger partial charge >= 0.3 is 0 Å². The van der Waals surface area contributed by atoms with Gasteiger partial charge in [-0.3, -0.25) is 4.79 Å². The predicted octanol–water partition coefficient (Wildman–Crippen LogP) is 3.49. The van der Waals surface area contributed by atoms with Crippen LogP contribution in [0.15, 0.2) is 53.6 Å². The number of amides is 1. The molecule has 1 heterocycles. The SMILES string of the molecule is CCOc1ccccc1C1CC(c2ccccc2O)=NN1C(C)=O. The van der Waals surface area contributed by atoms with Crippen LogP contribution in [0.2, 0.25) is 0 Å². The molecule has 24 heavy (non-hydrogen) atoms. The quantitative estimate of drug-likeness (QED) is 0.936. The molecule has 0 aromatic heterocycles. The Labute approximate surface area is 141 Å². The van der Waals surface area contributed by atoms with Crippen molar-refractivity contribution in [1.82, 2.24) is 5.01 Å². The summed E-state index contributed by atoms with van der Waals surface area (Å²) < 4.78 is 5.70. The normalized spacial score (nSPS) is 16.8. The van der Waals surface area contributed by atoms with Gasteiger partial charge in [0.05, 0.1) is 18.4 Å². The number of hydrazone groups is 1. The molecule has 0 fully saturated rings. The molecule has 1 unspecified atom stereocenters. The number of hydrogen-bond acceptors (Lipinski definition) is 4. The highest BCUT2D eigenvalue weighted by Gasteiger charge is 2.33. The minimum Gasteiger partial charge on any atom is -0.507 e. The average molecular weight is 324 g/mol. The lowest BCUT2D eigenvalue weighted by atomic mass is 9.97. The van der Waals surface area contributed by atoms with E-state index >= 15 is 0 Å². The minimum absolute atomic E-state index is 0.142. The van der Waals surface area contributed by atoms with Crippen molar-refractivity contribution < 1.29 is 14.6 Å². The number of rotatable bonds is 4. The molecule has 124 valence electrons. The molecule has 5 nitrogen and oxygen atoms in total. The number of nitrogens with zero attached hydrogens (tertiary/aromatic N) is 2. The lowest BCUT2D eigenvalue weighted by molar-refractivity contribution is -0.130. The maximum absolute atomic E-state index is 12.1. The predicted molar refractivity (Wildman–Crippen MR) is 92.1 cm³/mol. The Morgan fingerprint density at radius 1 is 1.25 bits per heavy atom. The van der Waals surface area contributed by atoms with Crippen LogP contribution in [-0.2, 0) is 4.79 Å². The van der Waals surface area contributed by atoms with Gasteiger partial charge in [0.2, 0.25) is 5.91 Å². The smallest absolute Gasteiger partial charge is 0.240 e. The van der Waals surface area contributed by atoms with Crippen LogP contribution in [0.3, 0.4) is 0 Å². The maximum Gasteiger partial charge on any atom is 0.240 e. The van der Waals surface area contributed by atoms with Crippen LogP contribution in [0, 0.1) is 0 Å². The molecule has 0 saturated heterocycles. The Morgan fingerprint density at radius 3 is 2.67 bits per heavy atom. The van der Waals surface area contributed by atoms with Gasteiger partial charge in [0, 0.05) is 24.5 Å². The maximum atomic E-state index is 12.1. The van der Waals surface area contributed by atoms with Gasteiger partial charge in [0.1, 0.15) is 11.5 Å². The molecular formula is C19H20N2O3. The first-order valence-electron chi connectivity index (χ1n) is 7.99. The number of para-hydroxylation sites is 2. The molecule has 2 aromatic rings. The second-order valence-electron chi connectivity index (χ2n) is 5.62. The van der Waals surface area contributed by atoms with E-state index in [0.717, 1.165) is 11.3 Å². The van der Waals surface area contributed by atoms with Crippen LogP contribution in [0.4, 0.5) is 0 Å². The molecule has 2 aromatic carbocycles. The Bertz CT molecular complexity index is 786. The molecule has 3 rings (SSSR count). The zero-order chi connectivity index (χ0) is 17.1. The van der Waals surface area contributed by atoms with Crippen LogP contribution >= 0.6 is 0 Å². The Morgan fingerprint density at radius 2 is 1.96 bits per heavy atom. The first-order valence-corrected chi connectivity index (χ1v) is 7.99. The number of phenols is 1. The number of carbonyl (C=O) groups excluding carboxylic acids is 1. The molecule has 0 saturated carbocycles. The number of carbonyl (C=O) groups is 1. The number of ether oxygens (including phenoxy) is 1. The van der Waals surface area contributed by atoms with Crippen molar-refractivity contribution in [3.63, 3.8) is 0 Å². The lowest BCUT2D eigenvalue weighted by Crippen LogP contribution is -2.24. The fourth-order valence-corrected chi connectivity index (χ4v) is 2.97. The number of hydrogen-bond donors (Lipinski definition) is 1. The molecular weight excluding hydrogens is 304 g/mol. The molecule has 1 atom stereocenters. The third-order valence-corrected chi connectivity index (χ3v) is 4.03. The Balaban J connectivity index is 1.99. The largest absolute Gasteiger partial charge is 0.507 e. The third kappa shape index (κ3) is 2.97. The summed E-state index contributed by atoms with van der Waals surface area (Å²) in [7, 11) is 0. The summed E-state index contributed by atoms with van der Waals surface area (Å²) in [6, 6.07) is 14.5. The van der Waals surface area contributed by atoms with E-state index in [9.17, 15) is 9.90 Å². The van der Waals surface area contributed by atoms with Crippen LogP contribution in [0.1, 0.15) is 37.4 Å². The van der Waals surface area contributed by atoms with Crippen molar-refractivity contribution in [1.29, 1.82) is 0 Å². The highest BCUT2D eigenvalue weighted by atomic mass is 16.5. The van der Waals surface area contributed by atoms with Crippen LogP contribution in [-0.4, -0.2) is 28.3 Å². The fourth-order valence-electron chi connectivity index (χ4n) is 2.97. The van der Waals surface area contributed by atoms with Gasteiger partial charge in [-0.15, -0.1) is 0 Å². The molecule has 0 spiro atoms. The van der Waals surface area contributed by atoms with E-state index in [1.54, 1.807) is 12.1 Å². The summed E-state index contributed by atoms with van der Waals surface area (Å²) >= 11 is 0. The van der Waals surface area contributed by atoms with Gasteiger partial charge in [-0.25, -0.2) is 5.01 Å². The summed E-state index contributed by atoms with van der Waals surface area (Å²) in [6.07, 6.45) is 0.529. The van der Waals surface area contributed by atoms with E-state index in [1.807, 2.05) is 43.3 Å². The molecule has 0 bridgehead atoms. The number of aromatic hydroxyl groups is 1. The van der Waals surface area contributed by atoms with Crippen molar-refractivity contribution in [3.05, 3.63) is 59.7 Å². The van der Waals surface area contributed by atoms with Crippen molar-refractivity contribution in [2.24, 2.45) is 5.10 Å². The van der Waals surface area contributed by atoms with Gasteiger partial charge < -0.3 is 9.84 Å². The number of benzene rings is 2. The summed E-state index contributed by atoms with van der Waals surface area (Å²) in [4.78, 5) is 12.1. The summed E-state index contributed by atoms with van der Waals surface area (Å²) in [5.41, 5.74) is 2.27. The van der Waals surface area contributed by atoms with E-state index in [-0.39, 0.29) is 17.7 Å².